The van der Waals surface area contributed by atoms with E-state index in [4.69, 9.17) is 0 Å². The highest BCUT2D eigenvalue weighted by Gasteiger charge is 2.31. The van der Waals surface area contributed by atoms with E-state index in [1.807, 2.05) is 30.3 Å². The number of hydrogen-bond acceptors (Lipinski definition) is 5. The third kappa shape index (κ3) is 4.14. The molecule has 2 aromatic carbocycles. The topological polar surface area (TPSA) is 83.6 Å². The summed E-state index contributed by atoms with van der Waals surface area (Å²) >= 11 is 0.958. The fraction of sp³-hybridized carbons (Fsp3) is 0.222. The van der Waals surface area contributed by atoms with E-state index in [1.54, 1.807) is 19.2 Å². The molecule has 8 heteroatoms. The lowest BCUT2D eigenvalue weighted by Crippen LogP contribution is -2.26. The van der Waals surface area contributed by atoms with E-state index in [9.17, 15) is 18.0 Å². The Labute approximate surface area is 156 Å². The number of rotatable bonds is 6. The van der Waals surface area contributed by atoms with Crippen molar-refractivity contribution in [1.29, 1.82) is 0 Å². The number of carbonyl (C=O) groups excluding carboxylic acids is 2. The number of benzene rings is 2. The van der Waals surface area contributed by atoms with Crippen molar-refractivity contribution >= 4 is 32.9 Å². The van der Waals surface area contributed by atoms with Gasteiger partial charge in [-0.25, -0.2) is 8.42 Å². The molecule has 1 heterocycles. The minimum Gasteiger partial charge on any atom is -0.286 e. The van der Waals surface area contributed by atoms with Crippen molar-refractivity contribution in [2.75, 3.05) is 7.05 Å². The Morgan fingerprint density at radius 3 is 2.23 bits per heavy atom. The summed E-state index contributed by atoms with van der Waals surface area (Å²) < 4.78 is 26.7. The molecule has 1 fully saturated rings. The summed E-state index contributed by atoms with van der Waals surface area (Å²) in [7, 11) is -2.06. The molecule has 136 valence electrons. The summed E-state index contributed by atoms with van der Waals surface area (Å²) in [6, 6.07) is 15.8. The Hall–Kier alpha value is -2.16. The second-order valence-corrected chi connectivity index (χ2v) is 9.20. The van der Waals surface area contributed by atoms with Crippen LogP contribution in [0.1, 0.15) is 11.1 Å². The third-order valence-corrected chi connectivity index (χ3v) is 6.87. The lowest BCUT2D eigenvalue weighted by atomic mass is 10.1. The van der Waals surface area contributed by atoms with E-state index in [1.165, 1.54) is 16.4 Å². The van der Waals surface area contributed by atoms with Gasteiger partial charge in [0.05, 0.1) is 10.1 Å². The van der Waals surface area contributed by atoms with Crippen LogP contribution in [0.2, 0.25) is 0 Å². The average molecular weight is 390 g/mol. The molecule has 0 bridgehead atoms. The molecule has 26 heavy (non-hydrogen) atoms. The summed E-state index contributed by atoms with van der Waals surface area (Å²) in [4.78, 5) is 23.0. The van der Waals surface area contributed by atoms with Crippen molar-refractivity contribution in [3.05, 3.63) is 65.7 Å². The van der Waals surface area contributed by atoms with Crippen molar-refractivity contribution in [2.45, 2.75) is 23.1 Å². The number of thioether (sulfide) groups is 1. The van der Waals surface area contributed by atoms with Gasteiger partial charge in [-0.15, -0.1) is 0 Å². The fourth-order valence-electron chi connectivity index (χ4n) is 2.64. The van der Waals surface area contributed by atoms with Crippen molar-refractivity contribution in [2.24, 2.45) is 0 Å². The molecule has 1 atom stereocenters. The maximum atomic E-state index is 12.7. The Morgan fingerprint density at radius 2 is 1.65 bits per heavy atom. The standard InChI is InChI=1S/C18H18N2O4S2/c1-20(12-14-5-3-2-4-6-14)26(23,24)15-9-7-13(8-10-15)11-16-17(21)19-18(22)25-16/h2-10,16H,11-12H2,1H3,(H,19,21,22). The summed E-state index contributed by atoms with van der Waals surface area (Å²) in [6.07, 6.45) is 0.377. The number of nitrogens with zero attached hydrogens (tertiary/aromatic N) is 1. The number of hydrogen-bond donors (Lipinski definition) is 1. The van der Waals surface area contributed by atoms with Gasteiger partial charge in [-0.2, -0.15) is 4.31 Å². The molecule has 2 amide bonds. The van der Waals surface area contributed by atoms with E-state index in [0.29, 0.717) is 6.42 Å². The number of imide groups is 1. The van der Waals surface area contributed by atoms with Gasteiger partial charge in [0.15, 0.2) is 0 Å². The van der Waals surface area contributed by atoms with E-state index >= 15 is 0 Å². The van der Waals surface area contributed by atoms with Gasteiger partial charge in [-0.05, 0) is 29.7 Å². The SMILES string of the molecule is CN(Cc1ccccc1)S(=O)(=O)c1ccc(CC2SC(=O)NC2=O)cc1. The van der Waals surface area contributed by atoms with Crippen molar-refractivity contribution in [3.8, 4) is 0 Å². The normalized spacial score (nSPS) is 17.5. The van der Waals surface area contributed by atoms with Gasteiger partial charge in [-0.1, -0.05) is 54.2 Å². The highest BCUT2D eigenvalue weighted by Crippen LogP contribution is 2.24. The minimum atomic E-state index is -3.61. The predicted octanol–water partition coefficient (Wildman–Crippen LogP) is 2.40. The Bertz CT molecular complexity index is 912. The second-order valence-electron chi connectivity index (χ2n) is 5.98. The molecule has 0 spiro atoms. The summed E-state index contributed by atoms with van der Waals surface area (Å²) in [5, 5.41) is 1.43. The second kappa shape index (κ2) is 7.61. The lowest BCUT2D eigenvalue weighted by Gasteiger charge is -2.17. The maximum absolute atomic E-state index is 12.7. The first-order chi connectivity index (χ1) is 12.4. The largest absolute Gasteiger partial charge is 0.286 e. The van der Waals surface area contributed by atoms with Crippen LogP contribution >= 0.6 is 11.8 Å². The molecule has 2 aromatic rings. The first kappa shape index (κ1) is 18.6. The molecule has 1 N–H and O–H groups in total. The molecule has 3 rings (SSSR count). The third-order valence-electron chi connectivity index (χ3n) is 4.07. The smallest absolute Gasteiger partial charge is 0.286 e. The van der Waals surface area contributed by atoms with Crippen LogP contribution in [0.25, 0.3) is 0 Å². The summed E-state index contributed by atoms with van der Waals surface area (Å²) in [5.74, 6) is -0.306. The fourth-order valence-corrected chi connectivity index (χ4v) is 4.66. The zero-order valence-electron chi connectivity index (χ0n) is 14.1. The number of amides is 2. The molecule has 1 aliphatic rings. The Kier molecular flexibility index (Phi) is 5.45. The van der Waals surface area contributed by atoms with Crippen LogP contribution in [0.3, 0.4) is 0 Å². The maximum Gasteiger partial charge on any atom is 0.286 e. The molecule has 0 saturated carbocycles. The van der Waals surface area contributed by atoms with Crippen LogP contribution in [-0.4, -0.2) is 36.2 Å². The molecule has 1 aliphatic heterocycles. The molecule has 0 aliphatic carbocycles. The monoisotopic (exact) mass is 390 g/mol. The molecule has 0 aromatic heterocycles. The average Bonchev–Trinajstić information content (AvgIpc) is 2.93. The van der Waals surface area contributed by atoms with E-state index in [2.05, 4.69) is 5.32 Å². The van der Waals surface area contributed by atoms with E-state index in [0.717, 1.165) is 22.9 Å². The van der Waals surface area contributed by atoms with Crippen LogP contribution in [0.5, 0.6) is 0 Å². The molecule has 1 unspecified atom stereocenters. The van der Waals surface area contributed by atoms with Crippen molar-refractivity contribution in [3.63, 3.8) is 0 Å². The van der Waals surface area contributed by atoms with Crippen LogP contribution in [0.15, 0.2) is 59.5 Å². The molecular weight excluding hydrogens is 372 g/mol. The van der Waals surface area contributed by atoms with Gasteiger partial charge in [0.2, 0.25) is 15.9 Å². The highest BCUT2D eigenvalue weighted by molar-refractivity contribution is 8.15. The molecule has 0 radical (unpaired) electrons. The number of nitrogens with one attached hydrogen (secondary N) is 1. The van der Waals surface area contributed by atoms with Crippen LogP contribution < -0.4 is 5.32 Å². The predicted molar refractivity (Wildman–Crippen MR) is 100 cm³/mol. The minimum absolute atomic E-state index is 0.194. The number of carbonyl (C=O) groups is 2. The van der Waals surface area contributed by atoms with Crippen LogP contribution in [0.4, 0.5) is 4.79 Å². The zero-order valence-corrected chi connectivity index (χ0v) is 15.7. The van der Waals surface area contributed by atoms with Crippen LogP contribution in [-0.2, 0) is 27.8 Å². The summed E-state index contributed by atoms with van der Waals surface area (Å²) in [6.45, 7) is 0.284. The molecule has 1 saturated heterocycles. The van der Waals surface area contributed by atoms with E-state index in [-0.39, 0.29) is 22.6 Å². The number of sulfonamides is 1. The first-order valence-corrected chi connectivity index (χ1v) is 10.3. The molecular formula is C18H18N2O4S2. The Balaban J connectivity index is 1.70. The molecule has 6 nitrogen and oxygen atoms in total. The highest BCUT2D eigenvalue weighted by atomic mass is 32.2. The lowest BCUT2D eigenvalue weighted by molar-refractivity contribution is -0.118. The van der Waals surface area contributed by atoms with Crippen molar-refractivity contribution in [1.82, 2.24) is 9.62 Å². The van der Waals surface area contributed by atoms with Gasteiger partial charge in [0.25, 0.3) is 5.24 Å². The van der Waals surface area contributed by atoms with Gasteiger partial charge >= 0.3 is 0 Å². The van der Waals surface area contributed by atoms with Crippen molar-refractivity contribution < 1.29 is 18.0 Å². The van der Waals surface area contributed by atoms with Crippen LogP contribution in [0, 0.1) is 0 Å². The van der Waals surface area contributed by atoms with E-state index < -0.39 is 15.3 Å². The van der Waals surface area contributed by atoms with Gasteiger partial charge in [-0.3, -0.25) is 14.9 Å². The quantitative estimate of drug-likeness (QED) is 0.819. The van der Waals surface area contributed by atoms with Gasteiger partial charge < -0.3 is 0 Å². The first-order valence-electron chi connectivity index (χ1n) is 7.97. The Morgan fingerprint density at radius 1 is 1.00 bits per heavy atom. The summed E-state index contributed by atoms with van der Waals surface area (Å²) in [5.41, 5.74) is 1.71. The zero-order chi connectivity index (χ0) is 18.7. The van der Waals surface area contributed by atoms with Gasteiger partial charge in [0.1, 0.15) is 0 Å². The van der Waals surface area contributed by atoms with Gasteiger partial charge in [0, 0.05) is 13.6 Å².